The summed E-state index contributed by atoms with van der Waals surface area (Å²) < 4.78 is 1.16. The van der Waals surface area contributed by atoms with Crippen LogP contribution in [-0.4, -0.2) is 41.7 Å². The van der Waals surface area contributed by atoms with Crippen LogP contribution in [0.25, 0.3) is 0 Å². The van der Waals surface area contributed by atoms with E-state index in [0.717, 1.165) is 10.4 Å². The number of nitrogens with one attached hydrogen (secondary N) is 1. The van der Waals surface area contributed by atoms with Gasteiger partial charge in [0, 0.05) is 31.7 Å². The van der Waals surface area contributed by atoms with Crippen molar-refractivity contribution in [1.29, 1.82) is 0 Å². The SMILES string of the molecule is c1ncc([N+]23CCC(CC24CCNC4)C3)cn1. The lowest BCUT2D eigenvalue weighted by Gasteiger charge is -2.45. The molecule has 1 N–H and O–H groups in total. The summed E-state index contributed by atoms with van der Waals surface area (Å²) in [5.41, 5.74) is 1.80. The van der Waals surface area contributed by atoms with Crippen LogP contribution in [0.3, 0.4) is 0 Å². The Kier molecular flexibility index (Phi) is 1.92. The van der Waals surface area contributed by atoms with Crippen molar-refractivity contribution < 1.29 is 0 Å². The van der Waals surface area contributed by atoms with Crippen molar-refractivity contribution in [2.24, 2.45) is 5.92 Å². The van der Waals surface area contributed by atoms with Gasteiger partial charge >= 0.3 is 0 Å². The summed E-state index contributed by atoms with van der Waals surface area (Å²) in [5.74, 6) is 0.926. The largest absolute Gasteiger partial charge is 0.311 e. The van der Waals surface area contributed by atoms with Gasteiger partial charge in [0.15, 0.2) is 5.69 Å². The van der Waals surface area contributed by atoms with E-state index in [1.165, 1.54) is 51.1 Å². The molecule has 4 heterocycles. The molecule has 0 saturated carbocycles. The third-order valence-electron chi connectivity index (χ3n) is 5.33. The van der Waals surface area contributed by atoms with Crippen molar-refractivity contribution in [3.63, 3.8) is 0 Å². The first-order valence-electron chi connectivity index (χ1n) is 6.68. The molecular weight excluding hydrogens is 212 g/mol. The Balaban J connectivity index is 1.84. The first kappa shape index (κ1) is 9.97. The van der Waals surface area contributed by atoms with Crippen molar-refractivity contribution in [2.45, 2.75) is 24.8 Å². The highest BCUT2D eigenvalue weighted by Gasteiger charge is 2.64. The van der Waals surface area contributed by atoms with Crippen molar-refractivity contribution in [3.05, 3.63) is 18.7 Å². The predicted molar refractivity (Wildman–Crippen MR) is 66.5 cm³/mol. The molecule has 4 nitrogen and oxygen atoms in total. The molecule has 0 radical (unpaired) electrons. The molecular formula is C13H19N4+. The lowest BCUT2D eigenvalue weighted by molar-refractivity contribution is 0.155. The normalized spacial score (nSPS) is 43.6. The van der Waals surface area contributed by atoms with Gasteiger partial charge in [-0.15, -0.1) is 0 Å². The fourth-order valence-electron chi connectivity index (χ4n) is 4.63. The molecule has 0 aliphatic carbocycles. The van der Waals surface area contributed by atoms with Crippen molar-refractivity contribution in [2.75, 3.05) is 26.2 Å². The maximum atomic E-state index is 4.25. The van der Waals surface area contributed by atoms with Crippen LogP contribution in [0.2, 0.25) is 0 Å². The predicted octanol–water partition coefficient (Wildman–Crippen LogP) is 0.940. The molecule has 0 aromatic carbocycles. The quantitative estimate of drug-likeness (QED) is 0.731. The van der Waals surface area contributed by atoms with Gasteiger partial charge < -0.3 is 5.32 Å². The summed E-state index contributed by atoms with van der Waals surface area (Å²) in [6.07, 6.45) is 9.83. The molecule has 3 aliphatic heterocycles. The number of quaternary nitrogens is 1. The summed E-state index contributed by atoms with van der Waals surface area (Å²) in [6.45, 7) is 4.97. The minimum atomic E-state index is 0.452. The van der Waals surface area contributed by atoms with E-state index in [2.05, 4.69) is 15.3 Å². The molecule has 4 rings (SSSR count). The second-order valence-electron chi connectivity index (χ2n) is 5.98. The number of nitrogens with zero attached hydrogens (tertiary/aromatic N) is 3. The number of piperidine rings is 1. The first-order chi connectivity index (χ1) is 8.35. The first-order valence-corrected chi connectivity index (χ1v) is 6.68. The van der Waals surface area contributed by atoms with Crippen molar-refractivity contribution in [3.8, 4) is 0 Å². The van der Waals surface area contributed by atoms with E-state index in [-0.39, 0.29) is 0 Å². The summed E-state index contributed by atoms with van der Waals surface area (Å²) in [5, 5.41) is 3.58. The van der Waals surface area contributed by atoms with Crippen LogP contribution in [0.1, 0.15) is 19.3 Å². The fraction of sp³-hybridized carbons (Fsp3) is 0.692. The van der Waals surface area contributed by atoms with E-state index < -0.39 is 0 Å². The summed E-state index contributed by atoms with van der Waals surface area (Å²) >= 11 is 0. The third-order valence-corrected chi connectivity index (χ3v) is 5.33. The van der Waals surface area contributed by atoms with Crippen LogP contribution in [0, 0.1) is 5.92 Å². The second kappa shape index (κ2) is 3.27. The molecule has 0 amide bonds. The Hall–Kier alpha value is -1.00. The average molecular weight is 231 g/mol. The number of rotatable bonds is 1. The van der Waals surface area contributed by atoms with Gasteiger partial charge in [-0.1, -0.05) is 0 Å². The number of hydrogen-bond donors (Lipinski definition) is 1. The highest BCUT2D eigenvalue weighted by Crippen LogP contribution is 2.52. The van der Waals surface area contributed by atoms with Crippen LogP contribution in [0.4, 0.5) is 5.69 Å². The highest BCUT2D eigenvalue weighted by molar-refractivity contribution is 5.45. The molecule has 1 aromatic rings. The molecule has 1 spiro atoms. The van der Waals surface area contributed by atoms with Gasteiger partial charge in [0.25, 0.3) is 0 Å². The van der Waals surface area contributed by atoms with Gasteiger partial charge in [0.1, 0.15) is 11.9 Å². The molecule has 4 heteroatoms. The summed E-state index contributed by atoms with van der Waals surface area (Å²) in [4.78, 5) is 8.50. The van der Waals surface area contributed by atoms with E-state index in [4.69, 9.17) is 0 Å². The van der Waals surface area contributed by atoms with Crippen LogP contribution in [0.15, 0.2) is 18.7 Å². The standard InChI is InChI=1S/C13H19N4/c1-4-17(12-6-15-10-16-7-12)8-11(1)5-13(17)2-3-14-9-13/h6-7,10-11,14H,1-5,8-9H2/q+1. The van der Waals surface area contributed by atoms with Crippen molar-refractivity contribution >= 4 is 5.69 Å². The minimum absolute atomic E-state index is 0.452. The van der Waals surface area contributed by atoms with E-state index in [9.17, 15) is 0 Å². The molecule has 90 valence electrons. The highest BCUT2D eigenvalue weighted by atomic mass is 15.5. The fourth-order valence-corrected chi connectivity index (χ4v) is 4.63. The summed E-state index contributed by atoms with van der Waals surface area (Å²) in [7, 11) is 0. The molecule has 3 fully saturated rings. The second-order valence-corrected chi connectivity index (χ2v) is 5.98. The van der Waals surface area contributed by atoms with E-state index in [0.29, 0.717) is 5.54 Å². The Morgan fingerprint density at radius 3 is 2.94 bits per heavy atom. The molecule has 3 aliphatic rings. The topological polar surface area (TPSA) is 37.8 Å². The number of fused-ring (bicyclic) bond motifs is 3. The average Bonchev–Trinajstić information content (AvgIpc) is 3.06. The zero-order valence-corrected chi connectivity index (χ0v) is 10.1. The monoisotopic (exact) mass is 231 g/mol. The zero-order chi connectivity index (χ0) is 11.3. The zero-order valence-electron chi connectivity index (χ0n) is 10.1. The van der Waals surface area contributed by atoms with Crippen LogP contribution in [0.5, 0.6) is 0 Å². The van der Waals surface area contributed by atoms with E-state index in [1.54, 1.807) is 6.33 Å². The minimum Gasteiger partial charge on any atom is -0.311 e. The van der Waals surface area contributed by atoms with Crippen LogP contribution in [-0.2, 0) is 0 Å². The Morgan fingerprint density at radius 1 is 1.35 bits per heavy atom. The third kappa shape index (κ3) is 1.15. The van der Waals surface area contributed by atoms with Gasteiger partial charge in [0.2, 0.25) is 0 Å². The van der Waals surface area contributed by atoms with Gasteiger partial charge in [-0.05, 0) is 0 Å². The molecule has 1 aromatic heterocycles. The Bertz CT molecular complexity index is 426. The maximum Gasteiger partial charge on any atom is 0.170 e. The Morgan fingerprint density at radius 2 is 2.24 bits per heavy atom. The molecule has 3 atom stereocenters. The van der Waals surface area contributed by atoms with Gasteiger partial charge in [-0.25, -0.2) is 9.97 Å². The number of hydrogen-bond acceptors (Lipinski definition) is 3. The molecule has 2 bridgehead atoms. The Labute approximate surface area is 102 Å². The van der Waals surface area contributed by atoms with Crippen LogP contribution < -0.4 is 9.80 Å². The smallest absolute Gasteiger partial charge is 0.170 e. The van der Waals surface area contributed by atoms with Gasteiger partial charge in [0.05, 0.1) is 32.0 Å². The van der Waals surface area contributed by atoms with E-state index in [1.807, 2.05) is 12.4 Å². The lowest BCUT2D eigenvalue weighted by atomic mass is 9.85. The lowest BCUT2D eigenvalue weighted by Crippen LogP contribution is -2.63. The number of aromatic nitrogens is 2. The van der Waals surface area contributed by atoms with Gasteiger partial charge in [-0.3, -0.25) is 4.48 Å². The molecule has 3 unspecified atom stereocenters. The molecule has 17 heavy (non-hydrogen) atoms. The summed E-state index contributed by atoms with van der Waals surface area (Å²) in [6, 6.07) is 0. The van der Waals surface area contributed by atoms with E-state index >= 15 is 0 Å². The van der Waals surface area contributed by atoms with Crippen LogP contribution >= 0.6 is 0 Å². The molecule has 3 saturated heterocycles. The van der Waals surface area contributed by atoms with Crippen molar-refractivity contribution in [1.82, 2.24) is 19.8 Å². The maximum absolute atomic E-state index is 4.25. The van der Waals surface area contributed by atoms with Gasteiger partial charge in [-0.2, -0.15) is 0 Å².